The van der Waals surface area contributed by atoms with Gasteiger partial charge in [-0.3, -0.25) is 9.59 Å². The number of carbonyl (C=O) groups is 1. The molecule has 3 unspecified atom stereocenters. The van der Waals surface area contributed by atoms with E-state index in [1.807, 2.05) is 18.3 Å². The molecule has 3 aliphatic heterocycles. The predicted octanol–water partition coefficient (Wildman–Crippen LogP) is 3.64. The van der Waals surface area contributed by atoms with E-state index in [-0.39, 0.29) is 24.5 Å². The highest BCUT2D eigenvalue weighted by atomic mass is 19.1. The molecule has 0 aromatic carbocycles. The Kier molecular flexibility index (Phi) is 8.46. The lowest BCUT2D eigenvalue weighted by Crippen LogP contribution is -2.50. The van der Waals surface area contributed by atoms with Crippen molar-refractivity contribution in [3.05, 3.63) is 75.6 Å². The Bertz CT molecular complexity index is 1650. The smallest absolute Gasteiger partial charge is 0.274 e. The number of allylic oxidation sites excluding steroid dienone is 2. The molecule has 7 rings (SSSR count). The lowest BCUT2D eigenvalue weighted by Gasteiger charge is -2.42. The summed E-state index contributed by atoms with van der Waals surface area (Å²) in [6, 6.07) is 5.96. The van der Waals surface area contributed by atoms with E-state index in [2.05, 4.69) is 38.1 Å². The minimum atomic E-state index is -1.34. The van der Waals surface area contributed by atoms with Crippen molar-refractivity contribution in [1.29, 1.82) is 0 Å². The fourth-order valence-corrected chi connectivity index (χ4v) is 7.94. The molecule has 2 N–H and O–H groups in total. The number of hydrogen-bond donors (Lipinski definition) is 2. The van der Waals surface area contributed by atoms with E-state index in [0.717, 1.165) is 51.1 Å². The summed E-state index contributed by atoms with van der Waals surface area (Å²) >= 11 is 0. The van der Waals surface area contributed by atoms with E-state index in [4.69, 9.17) is 0 Å². The number of alkyl halides is 1. The molecule has 5 heterocycles. The van der Waals surface area contributed by atoms with E-state index in [1.54, 1.807) is 24.2 Å². The van der Waals surface area contributed by atoms with Gasteiger partial charge in [-0.1, -0.05) is 18.9 Å². The molecule has 10 nitrogen and oxygen atoms in total. The molecule has 2 aliphatic carbocycles. The summed E-state index contributed by atoms with van der Waals surface area (Å²) in [6.07, 6.45) is 11.4. The summed E-state index contributed by atoms with van der Waals surface area (Å²) in [4.78, 5) is 40.2. The molecule has 5 aliphatic rings. The molecule has 0 radical (unpaired) electrons. The molecule has 46 heavy (non-hydrogen) atoms. The molecule has 2 saturated heterocycles. The van der Waals surface area contributed by atoms with Crippen LogP contribution >= 0.6 is 0 Å². The quantitative estimate of drug-likeness (QED) is 0.500. The van der Waals surface area contributed by atoms with Gasteiger partial charge < -0.3 is 34.6 Å². The van der Waals surface area contributed by atoms with Gasteiger partial charge >= 0.3 is 0 Å². The number of piperazine rings is 1. The number of carbonyl (C=O) groups excluding carboxylic acids is 1. The molecular weight excluding hydrogens is 585 g/mol. The Morgan fingerprint density at radius 1 is 0.978 bits per heavy atom. The number of amides is 1. The number of rotatable bonds is 6. The van der Waals surface area contributed by atoms with Gasteiger partial charge in [0.15, 0.2) is 0 Å². The van der Waals surface area contributed by atoms with Crippen molar-refractivity contribution in [2.45, 2.75) is 50.7 Å². The molecule has 244 valence electrons. The predicted molar refractivity (Wildman–Crippen MR) is 177 cm³/mol. The van der Waals surface area contributed by atoms with Gasteiger partial charge in [0.2, 0.25) is 0 Å². The molecule has 0 bridgehead atoms. The van der Waals surface area contributed by atoms with Crippen LogP contribution in [-0.2, 0) is 11.8 Å². The fraction of sp³-hybridized carbons (Fsp3) is 0.514. The first-order valence-corrected chi connectivity index (χ1v) is 16.7. The zero-order chi connectivity index (χ0) is 31.9. The fourth-order valence-electron chi connectivity index (χ4n) is 7.94. The van der Waals surface area contributed by atoms with E-state index in [1.165, 1.54) is 23.5 Å². The number of aliphatic hydroxyl groups is 1. The number of halogens is 1. The third kappa shape index (κ3) is 5.75. The maximum atomic E-state index is 15.5. The molecule has 11 heteroatoms. The second kappa shape index (κ2) is 12.7. The Balaban J connectivity index is 1.16. The number of nitrogens with zero attached hydrogens (tertiary/aromatic N) is 6. The van der Waals surface area contributed by atoms with Crippen LogP contribution in [0.25, 0.3) is 5.57 Å². The Morgan fingerprint density at radius 3 is 2.63 bits per heavy atom. The first-order valence-electron chi connectivity index (χ1n) is 16.7. The van der Waals surface area contributed by atoms with Gasteiger partial charge in [0, 0.05) is 69.7 Å². The third-order valence-corrected chi connectivity index (χ3v) is 10.4. The average Bonchev–Trinajstić information content (AvgIpc) is 3.31. The largest absolute Gasteiger partial charge is 0.392 e. The number of aryl methyl sites for hydroxylation is 1. The second-order valence-electron chi connectivity index (χ2n) is 13.3. The number of fused-ring (bicyclic) bond motifs is 3. The number of aliphatic hydroxyl groups excluding tert-OH is 1. The van der Waals surface area contributed by atoms with Crippen molar-refractivity contribution in [3.63, 3.8) is 0 Å². The molecule has 2 aromatic rings. The molecule has 2 aromatic heterocycles. The van der Waals surface area contributed by atoms with Gasteiger partial charge in [-0.2, -0.15) is 0 Å². The highest BCUT2D eigenvalue weighted by Gasteiger charge is 2.43. The highest BCUT2D eigenvalue weighted by Crippen LogP contribution is 2.42. The van der Waals surface area contributed by atoms with Crippen LogP contribution in [0, 0.1) is 5.92 Å². The lowest BCUT2D eigenvalue weighted by atomic mass is 9.86. The van der Waals surface area contributed by atoms with Gasteiger partial charge in [-0.05, 0) is 74.2 Å². The summed E-state index contributed by atoms with van der Waals surface area (Å²) in [5.74, 6) is 0.794. The summed E-state index contributed by atoms with van der Waals surface area (Å²) in [5, 5.41) is 13.8. The minimum absolute atomic E-state index is 0.0377. The van der Waals surface area contributed by atoms with Crippen LogP contribution in [0.15, 0.2) is 64.5 Å². The highest BCUT2D eigenvalue weighted by molar-refractivity contribution is 5.96. The van der Waals surface area contributed by atoms with E-state index < -0.39 is 6.17 Å². The first kappa shape index (κ1) is 30.7. The lowest BCUT2D eigenvalue weighted by molar-refractivity contribution is -0.129. The van der Waals surface area contributed by atoms with Crippen molar-refractivity contribution in [3.8, 4) is 0 Å². The zero-order valence-electron chi connectivity index (χ0n) is 26.8. The SMILES string of the molecule is CN1CCCN(c2ccc(Nc3cc(C4=C(CO)C(N5CCN6C(=CC7CCCCC76)C5=O)=CC(F)C4)cn(C)c3=O)nc2)CC1. The maximum Gasteiger partial charge on any atom is 0.274 e. The second-order valence-corrected chi connectivity index (χ2v) is 13.3. The summed E-state index contributed by atoms with van der Waals surface area (Å²) in [7, 11) is 3.80. The van der Waals surface area contributed by atoms with Gasteiger partial charge in [0.1, 0.15) is 17.7 Å². The number of likely N-dealkylation sites (N-methyl/N-ethyl adjacent to an activating group) is 1. The van der Waals surface area contributed by atoms with Gasteiger partial charge in [0.25, 0.3) is 11.5 Å². The van der Waals surface area contributed by atoms with Crippen molar-refractivity contribution < 1.29 is 14.3 Å². The molecule has 1 saturated carbocycles. The van der Waals surface area contributed by atoms with E-state index in [9.17, 15) is 14.7 Å². The topological polar surface area (TPSA) is 97.2 Å². The number of hydrogen-bond acceptors (Lipinski definition) is 8. The Labute approximate surface area is 269 Å². The van der Waals surface area contributed by atoms with Crippen LogP contribution in [-0.4, -0.2) is 100 Å². The summed E-state index contributed by atoms with van der Waals surface area (Å²) in [5.41, 5.74) is 3.95. The van der Waals surface area contributed by atoms with Crippen LogP contribution in [0.4, 0.5) is 21.6 Å². The van der Waals surface area contributed by atoms with Crippen LogP contribution < -0.4 is 15.8 Å². The minimum Gasteiger partial charge on any atom is -0.392 e. The number of nitrogens with one attached hydrogen (secondary N) is 1. The van der Waals surface area contributed by atoms with Gasteiger partial charge in [0.05, 0.1) is 24.2 Å². The van der Waals surface area contributed by atoms with Crippen LogP contribution in [0.2, 0.25) is 0 Å². The van der Waals surface area contributed by atoms with Crippen molar-refractivity contribution in [1.82, 2.24) is 24.3 Å². The van der Waals surface area contributed by atoms with E-state index >= 15 is 4.39 Å². The maximum absolute atomic E-state index is 15.5. The van der Waals surface area contributed by atoms with Crippen LogP contribution in [0.3, 0.4) is 0 Å². The molecule has 0 spiro atoms. The molecule has 3 atom stereocenters. The zero-order valence-corrected chi connectivity index (χ0v) is 26.8. The van der Waals surface area contributed by atoms with Crippen molar-refractivity contribution in [2.24, 2.45) is 13.0 Å². The molecular formula is C35H44FN7O3. The molecule has 3 fully saturated rings. The summed E-state index contributed by atoms with van der Waals surface area (Å²) in [6.45, 7) is 4.74. The average molecular weight is 630 g/mol. The normalized spacial score (nSPS) is 25.6. The third-order valence-electron chi connectivity index (χ3n) is 10.4. The number of pyridine rings is 2. The standard InChI is InChI=1S/C35H44FN7O3/c1-39-10-5-11-41(13-12-39)26-8-9-33(37-20-26)38-29-16-24(21-40(2)34(29)45)27-18-25(36)19-31(28(27)22-44)43-15-14-42-30-7-4-3-6-23(30)17-32(42)35(43)46/h8-9,16-17,19-21,23,25,30,44H,3-7,10-15,18,22H2,1-2H3,(H,37,38). The number of anilines is 3. The van der Waals surface area contributed by atoms with Crippen molar-refractivity contribution >= 4 is 28.7 Å². The van der Waals surface area contributed by atoms with Crippen LogP contribution in [0.5, 0.6) is 0 Å². The van der Waals surface area contributed by atoms with Gasteiger partial charge in [-0.25, -0.2) is 9.37 Å². The molecule has 1 amide bonds. The first-order chi connectivity index (χ1) is 22.3. The monoisotopic (exact) mass is 629 g/mol. The summed E-state index contributed by atoms with van der Waals surface area (Å²) < 4.78 is 16.9. The van der Waals surface area contributed by atoms with Gasteiger partial charge in [-0.15, -0.1) is 0 Å². The Hall–Kier alpha value is -3.96. The van der Waals surface area contributed by atoms with Crippen molar-refractivity contribution in [2.75, 3.05) is 63.1 Å². The van der Waals surface area contributed by atoms with Crippen LogP contribution in [0.1, 0.15) is 44.1 Å². The Morgan fingerprint density at radius 2 is 1.83 bits per heavy atom. The van der Waals surface area contributed by atoms with E-state index in [0.29, 0.717) is 64.7 Å². The number of aromatic nitrogens is 2.